The van der Waals surface area contributed by atoms with Gasteiger partial charge in [-0.25, -0.2) is 4.79 Å². The van der Waals surface area contributed by atoms with Gasteiger partial charge in [-0.1, -0.05) is 19.4 Å². The van der Waals surface area contributed by atoms with Crippen molar-refractivity contribution in [1.29, 1.82) is 0 Å². The molecule has 0 aromatic carbocycles. The van der Waals surface area contributed by atoms with Gasteiger partial charge in [0.2, 0.25) is 0 Å². The molecule has 0 atom stereocenters. The summed E-state index contributed by atoms with van der Waals surface area (Å²) in [6.07, 6.45) is 7.34. The predicted molar refractivity (Wildman–Crippen MR) is 46.8 cm³/mol. The van der Waals surface area contributed by atoms with Gasteiger partial charge in [-0.05, 0) is 25.5 Å². The van der Waals surface area contributed by atoms with Crippen molar-refractivity contribution < 1.29 is 9.90 Å². The van der Waals surface area contributed by atoms with Gasteiger partial charge in [0.25, 0.3) is 0 Å². The molecule has 3 heteroatoms. The van der Waals surface area contributed by atoms with E-state index >= 15 is 0 Å². The number of nitrogens with one attached hydrogen (secondary N) is 1. The molecule has 0 unspecified atom stereocenters. The van der Waals surface area contributed by atoms with Crippen LogP contribution in [-0.4, -0.2) is 16.6 Å². The van der Waals surface area contributed by atoms with Gasteiger partial charge in [0.1, 0.15) is 5.54 Å². The summed E-state index contributed by atoms with van der Waals surface area (Å²) in [4.78, 5) is 10.7. The number of carbonyl (C=O) groups is 1. The van der Waals surface area contributed by atoms with Crippen molar-refractivity contribution in [2.45, 2.75) is 38.1 Å². The van der Waals surface area contributed by atoms with Crippen LogP contribution in [0.4, 0.5) is 0 Å². The maximum atomic E-state index is 10.7. The molecule has 0 amide bonds. The number of allylic oxidation sites excluding steroid dienone is 1. The Balaban J connectivity index is 2.27. The van der Waals surface area contributed by atoms with Gasteiger partial charge >= 0.3 is 5.97 Å². The molecule has 2 N–H and O–H groups in total. The fourth-order valence-electron chi connectivity index (χ4n) is 1.01. The summed E-state index contributed by atoms with van der Waals surface area (Å²) in [5, 5.41) is 11.7. The molecule has 3 nitrogen and oxygen atoms in total. The SMILES string of the molecule is CCCC=CNC1(C(=O)O)CC1. The molecule has 12 heavy (non-hydrogen) atoms. The van der Waals surface area contributed by atoms with Crippen LogP contribution in [0.2, 0.25) is 0 Å². The summed E-state index contributed by atoms with van der Waals surface area (Å²) in [6.45, 7) is 2.09. The van der Waals surface area contributed by atoms with Gasteiger partial charge in [0, 0.05) is 0 Å². The minimum atomic E-state index is -0.733. The van der Waals surface area contributed by atoms with Crippen LogP contribution in [-0.2, 0) is 4.79 Å². The number of carboxylic acids is 1. The summed E-state index contributed by atoms with van der Waals surface area (Å²) in [5.74, 6) is -0.733. The van der Waals surface area contributed by atoms with E-state index in [2.05, 4.69) is 12.2 Å². The summed E-state index contributed by atoms with van der Waals surface area (Å²) in [5.41, 5.74) is -0.621. The largest absolute Gasteiger partial charge is 0.480 e. The van der Waals surface area contributed by atoms with Crippen LogP contribution in [0.1, 0.15) is 32.6 Å². The van der Waals surface area contributed by atoms with E-state index in [0.717, 1.165) is 25.7 Å². The van der Waals surface area contributed by atoms with E-state index in [4.69, 9.17) is 5.11 Å². The van der Waals surface area contributed by atoms with Gasteiger partial charge in [0.05, 0.1) is 0 Å². The Hall–Kier alpha value is -0.990. The van der Waals surface area contributed by atoms with Gasteiger partial charge in [-0.15, -0.1) is 0 Å². The van der Waals surface area contributed by atoms with E-state index in [1.165, 1.54) is 0 Å². The number of carboxylic acid groups (broad SMARTS) is 1. The van der Waals surface area contributed by atoms with Crippen LogP contribution < -0.4 is 5.32 Å². The molecular weight excluding hydrogens is 154 g/mol. The third kappa shape index (κ3) is 2.00. The first-order valence-corrected chi connectivity index (χ1v) is 4.37. The highest BCUT2D eigenvalue weighted by Gasteiger charge is 2.49. The zero-order chi connectivity index (χ0) is 9.03. The summed E-state index contributed by atoms with van der Waals surface area (Å²) < 4.78 is 0. The number of aliphatic carboxylic acids is 1. The molecule has 1 aliphatic rings. The second-order valence-electron chi connectivity index (χ2n) is 3.22. The summed E-state index contributed by atoms with van der Waals surface area (Å²) in [6, 6.07) is 0. The molecule has 1 fully saturated rings. The topological polar surface area (TPSA) is 49.3 Å². The molecule has 0 radical (unpaired) electrons. The third-order valence-electron chi connectivity index (χ3n) is 2.09. The number of rotatable bonds is 5. The quantitative estimate of drug-likeness (QED) is 0.655. The van der Waals surface area contributed by atoms with E-state index in [1.54, 1.807) is 6.20 Å². The Kier molecular flexibility index (Phi) is 2.74. The standard InChI is InChI=1S/C9H15NO2/c1-2-3-4-7-10-9(5-6-9)8(11)12/h4,7,10H,2-3,5-6H2,1H3,(H,11,12). The number of unbranched alkanes of at least 4 members (excludes halogenated alkanes) is 1. The smallest absolute Gasteiger partial charge is 0.329 e. The lowest BCUT2D eigenvalue weighted by atomic mass is 10.3. The fraction of sp³-hybridized carbons (Fsp3) is 0.667. The molecule has 1 saturated carbocycles. The fourth-order valence-corrected chi connectivity index (χ4v) is 1.01. The molecule has 1 aliphatic carbocycles. The van der Waals surface area contributed by atoms with Gasteiger partial charge in [-0.3, -0.25) is 0 Å². The highest BCUT2D eigenvalue weighted by molar-refractivity contribution is 5.82. The third-order valence-corrected chi connectivity index (χ3v) is 2.09. The minimum absolute atomic E-state index is 0.621. The molecule has 68 valence electrons. The Morgan fingerprint density at radius 2 is 2.33 bits per heavy atom. The first kappa shape index (κ1) is 9.10. The van der Waals surface area contributed by atoms with Gasteiger partial charge < -0.3 is 10.4 Å². The van der Waals surface area contributed by atoms with E-state index in [-0.39, 0.29) is 0 Å². The Bertz CT molecular complexity index is 195. The molecule has 0 heterocycles. The van der Waals surface area contributed by atoms with Crippen molar-refractivity contribution >= 4 is 5.97 Å². The molecule has 0 spiro atoms. The lowest BCUT2D eigenvalue weighted by Crippen LogP contribution is -2.35. The van der Waals surface area contributed by atoms with Crippen molar-refractivity contribution in [3.05, 3.63) is 12.3 Å². The van der Waals surface area contributed by atoms with Crippen molar-refractivity contribution in [3.63, 3.8) is 0 Å². The molecule has 0 aliphatic heterocycles. The Morgan fingerprint density at radius 1 is 1.67 bits per heavy atom. The van der Waals surface area contributed by atoms with E-state index in [1.807, 2.05) is 6.08 Å². The molecule has 0 saturated heterocycles. The van der Waals surface area contributed by atoms with Gasteiger partial charge in [0.15, 0.2) is 0 Å². The second kappa shape index (κ2) is 3.61. The molecule has 0 bridgehead atoms. The zero-order valence-corrected chi connectivity index (χ0v) is 7.34. The Labute approximate surface area is 72.5 Å². The average Bonchev–Trinajstić information content (AvgIpc) is 2.79. The summed E-state index contributed by atoms with van der Waals surface area (Å²) >= 11 is 0. The van der Waals surface area contributed by atoms with Crippen molar-refractivity contribution in [2.75, 3.05) is 0 Å². The van der Waals surface area contributed by atoms with Crippen LogP contribution in [0.15, 0.2) is 12.3 Å². The molecule has 0 aromatic heterocycles. The van der Waals surface area contributed by atoms with Crippen LogP contribution in [0.5, 0.6) is 0 Å². The maximum absolute atomic E-state index is 10.7. The van der Waals surface area contributed by atoms with Crippen LogP contribution in [0.25, 0.3) is 0 Å². The molecular formula is C9H15NO2. The lowest BCUT2D eigenvalue weighted by Gasteiger charge is -2.08. The molecule has 1 rings (SSSR count). The first-order valence-electron chi connectivity index (χ1n) is 4.37. The summed E-state index contributed by atoms with van der Waals surface area (Å²) in [7, 11) is 0. The monoisotopic (exact) mass is 169 g/mol. The van der Waals surface area contributed by atoms with Crippen molar-refractivity contribution in [1.82, 2.24) is 5.32 Å². The van der Waals surface area contributed by atoms with Crippen molar-refractivity contribution in [2.24, 2.45) is 0 Å². The minimum Gasteiger partial charge on any atom is -0.480 e. The van der Waals surface area contributed by atoms with Gasteiger partial charge in [-0.2, -0.15) is 0 Å². The van der Waals surface area contributed by atoms with Crippen molar-refractivity contribution in [3.8, 4) is 0 Å². The second-order valence-corrected chi connectivity index (χ2v) is 3.22. The van der Waals surface area contributed by atoms with Crippen LogP contribution in [0.3, 0.4) is 0 Å². The van der Waals surface area contributed by atoms with Crippen LogP contribution in [0, 0.1) is 0 Å². The van der Waals surface area contributed by atoms with E-state index in [9.17, 15) is 4.79 Å². The predicted octanol–water partition coefficient (Wildman–Crippen LogP) is 1.51. The first-order chi connectivity index (χ1) is 5.71. The van der Waals surface area contributed by atoms with Crippen LogP contribution >= 0.6 is 0 Å². The number of hydrogen-bond donors (Lipinski definition) is 2. The normalized spacial score (nSPS) is 19.4. The lowest BCUT2D eigenvalue weighted by molar-refractivity contribution is -0.140. The zero-order valence-electron chi connectivity index (χ0n) is 7.34. The molecule has 0 aromatic rings. The highest BCUT2D eigenvalue weighted by Crippen LogP contribution is 2.35. The maximum Gasteiger partial charge on any atom is 0.329 e. The highest BCUT2D eigenvalue weighted by atomic mass is 16.4. The number of hydrogen-bond acceptors (Lipinski definition) is 2. The average molecular weight is 169 g/mol. The Morgan fingerprint density at radius 3 is 2.75 bits per heavy atom. The van der Waals surface area contributed by atoms with E-state index < -0.39 is 11.5 Å². The van der Waals surface area contributed by atoms with E-state index in [0.29, 0.717) is 0 Å².